The maximum atomic E-state index is 13.3. The van der Waals surface area contributed by atoms with E-state index >= 15 is 0 Å². The molecule has 1 aliphatic rings. The van der Waals surface area contributed by atoms with Crippen LogP contribution in [0.25, 0.3) is 0 Å². The Morgan fingerprint density at radius 2 is 2.20 bits per heavy atom. The zero-order valence-electron chi connectivity index (χ0n) is 8.91. The van der Waals surface area contributed by atoms with E-state index in [1.54, 1.807) is 12.3 Å². The smallest absolute Gasteiger partial charge is 0.165 e. The van der Waals surface area contributed by atoms with Crippen molar-refractivity contribution in [2.45, 2.75) is 18.9 Å². The number of likely N-dealkylation sites (tertiary alicyclic amines) is 1. The van der Waals surface area contributed by atoms with Crippen LogP contribution in [0.2, 0.25) is 0 Å². The molecule has 0 aliphatic carbocycles. The Morgan fingerprint density at radius 1 is 1.47 bits per heavy atom. The number of hydrogen-bond acceptors (Lipinski definition) is 3. The van der Waals surface area contributed by atoms with Crippen LogP contribution in [0.1, 0.15) is 12.8 Å². The fourth-order valence-electron chi connectivity index (χ4n) is 1.84. The largest absolute Gasteiger partial charge is 0.365 e. The number of rotatable bonds is 2. The third-order valence-electron chi connectivity index (χ3n) is 2.82. The first-order chi connectivity index (χ1) is 7.25. The van der Waals surface area contributed by atoms with Crippen LogP contribution in [-0.2, 0) is 0 Å². The van der Waals surface area contributed by atoms with E-state index in [9.17, 15) is 4.39 Å². The molecule has 1 fully saturated rings. The summed E-state index contributed by atoms with van der Waals surface area (Å²) in [5, 5.41) is 3.16. The molecule has 0 spiro atoms. The second-order valence-corrected chi connectivity index (χ2v) is 4.06. The molecule has 1 aromatic heterocycles. The van der Waals surface area contributed by atoms with E-state index in [4.69, 9.17) is 0 Å². The van der Waals surface area contributed by atoms with Crippen LogP contribution in [0.15, 0.2) is 18.3 Å². The van der Waals surface area contributed by atoms with Gasteiger partial charge < -0.3 is 10.2 Å². The molecule has 1 saturated heterocycles. The van der Waals surface area contributed by atoms with Gasteiger partial charge in [0.1, 0.15) is 0 Å². The monoisotopic (exact) mass is 209 g/mol. The second-order valence-electron chi connectivity index (χ2n) is 4.06. The minimum Gasteiger partial charge on any atom is -0.365 e. The molecule has 4 heteroatoms. The molecular weight excluding hydrogens is 193 g/mol. The molecule has 0 radical (unpaired) electrons. The average molecular weight is 209 g/mol. The Hall–Kier alpha value is -1.16. The number of anilines is 1. The van der Waals surface area contributed by atoms with Crippen molar-refractivity contribution in [3.05, 3.63) is 24.1 Å². The summed E-state index contributed by atoms with van der Waals surface area (Å²) < 4.78 is 13.3. The van der Waals surface area contributed by atoms with Crippen molar-refractivity contribution in [1.82, 2.24) is 9.88 Å². The van der Waals surface area contributed by atoms with E-state index in [0.717, 1.165) is 25.9 Å². The van der Waals surface area contributed by atoms with Crippen molar-refractivity contribution >= 4 is 5.82 Å². The Morgan fingerprint density at radius 3 is 2.87 bits per heavy atom. The summed E-state index contributed by atoms with van der Waals surface area (Å²) in [7, 11) is 2.11. The first-order valence-electron chi connectivity index (χ1n) is 5.31. The highest BCUT2D eigenvalue weighted by Crippen LogP contribution is 2.16. The quantitative estimate of drug-likeness (QED) is 0.804. The molecule has 0 bridgehead atoms. The van der Waals surface area contributed by atoms with Crippen molar-refractivity contribution in [3.63, 3.8) is 0 Å². The van der Waals surface area contributed by atoms with E-state index < -0.39 is 0 Å². The molecule has 1 aromatic rings. The lowest BCUT2D eigenvalue weighted by Crippen LogP contribution is -2.37. The van der Waals surface area contributed by atoms with Crippen molar-refractivity contribution < 1.29 is 4.39 Å². The average Bonchev–Trinajstić information content (AvgIpc) is 2.25. The van der Waals surface area contributed by atoms with Crippen LogP contribution >= 0.6 is 0 Å². The lowest BCUT2D eigenvalue weighted by molar-refractivity contribution is 0.263. The minimum absolute atomic E-state index is 0.267. The van der Waals surface area contributed by atoms with Gasteiger partial charge in [-0.3, -0.25) is 0 Å². The minimum atomic E-state index is -0.267. The van der Waals surface area contributed by atoms with E-state index in [0.29, 0.717) is 11.9 Å². The molecule has 0 aromatic carbocycles. The Kier molecular flexibility index (Phi) is 3.16. The second kappa shape index (κ2) is 4.57. The number of hydrogen-bond donors (Lipinski definition) is 1. The van der Waals surface area contributed by atoms with Gasteiger partial charge in [0.25, 0.3) is 0 Å². The van der Waals surface area contributed by atoms with Crippen molar-refractivity contribution in [1.29, 1.82) is 0 Å². The van der Waals surface area contributed by atoms with E-state index in [2.05, 4.69) is 22.2 Å². The lowest BCUT2D eigenvalue weighted by Gasteiger charge is -2.29. The zero-order valence-corrected chi connectivity index (χ0v) is 8.91. The summed E-state index contributed by atoms with van der Waals surface area (Å²) >= 11 is 0. The standard InChI is InChI=1S/C11H16FN3/c1-15-7-4-9(5-8-15)14-11-10(12)3-2-6-13-11/h2-3,6,9H,4-5,7-8H2,1H3,(H,13,14). The summed E-state index contributed by atoms with van der Waals surface area (Å²) in [5.74, 6) is 0.114. The highest BCUT2D eigenvalue weighted by Gasteiger charge is 2.17. The van der Waals surface area contributed by atoms with Gasteiger partial charge in [0.2, 0.25) is 0 Å². The molecule has 1 aliphatic heterocycles. The van der Waals surface area contributed by atoms with Gasteiger partial charge in [-0.1, -0.05) is 0 Å². The number of nitrogens with one attached hydrogen (secondary N) is 1. The Labute approximate surface area is 89.3 Å². The summed E-state index contributed by atoms with van der Waals surface area (Å²) in [4.78, 5) is 6.28. The van der Waals surface area contributed by atoms with Gasteiger partial charge in [-0.25, -0.2) is 9.37 Å². The number of aromatic nitrogens is 1. The number of piperidine rings is 1. The topological polar surface area (TPSA) is 28.2 Å². The van der Waals surface area contributed by atoms with Gasteiger partial charge in [-0.15, -0.1) is 0 Å². The maximum absolute atomic E-state index is 13.3. The van der Waals surface area contributed by atoms with Crippen LogP contribution in [0, 0.1) is 5.82 Å². The normalized spacial score (nSPS) is 19.1. The van der Waals surface area contributed by atoms with E-state index in [-0.39, 0.29) is 5.82 Å². The molecule has 2 heterocycles. The van der Waals surface area contributed by atoms with E-state index in [1.807, 2.05) is 0 Å². The van der Waals surface area contributed by atoms with Crippen LogP contribution in [0.5, 0.6) is 0 Å². The molecule has 0 unspecified atom stereocenters. The summed E-state index contributed by atoms with van der Waals surface area (Å²) in [5.41, 5.74) is 0. The molecule has 0 amide bonds. The molecule has 3 nitrogen and oxygen atoms in total. The van der Waals surface area contributed by atoms with Gasteiger partial charge in [-0.05, 0) is 45.1 Å². The highest BCUT2D eigenvalue weighted by molar-refractivity contribution is 5.36. The molecular formula is C11H16FN3. The van der Waals surface area contributed by atoms with Gasteiger partial charge in [0, 0.05) is 12.2 Å². The van der Waals surface area contributed by atoms with Crippen LogP contribution in [-0.4, -0.2) is 36.1 Å². The summed E-state index contributed by atoms with van der Waals surface area (Å²) in [6, 6.07) is 3.39. The van der Waals surface area contributed by atoms with Gasteiger partial charge in [0.15, 0.2) is 11.6 Å². The van der Waals surface area contributed by atoms with Gasteiger partial charge >= 0.3 is 0 Å². The summed E-state index contributed by atoms with van der Waals surface area (Å²) in [6.07, 6.45) is 3.71. The first-order valence-corrected chi connectivity index (χ1v) is 5.31. The van der Waals surface area contributed by atoms with Crippen LogP contribution in [0.4, 0.5) is 10.2 Å². The van der Waals surface area contributed by atoms with Crippen LogP contribution in [0.3, 0.4) is 0 Å². The Balaban J connectivity index is 1.95. The fraction of sp³-hybridized carbons (Fsp3) is 0.545. The van der Waals surface area contributed by atoms with Gasteiger partial charge in [-0.2, -0.15) is 0 Å². The van der Waals surface area contributed by atoms with Gasteiger partial charge in [0.05, 0.1) is 0 Å². The maximum Gasteiger partial charge on any atom is 0.165 e. The number of pyridine rings is 1. The van der Waals surface area contributed by atoms with Crippen molar-refractivity contribution in [2.24, 2.45) is 0 Å². The molecule has 1 N–H and O–H groups in total. The van der Waals surface area contributed by atoms with Crippen LogP contribution < -0.4 is 5.32 Å². The molecule has 0 saturated carbocycles. The van der Waals surface area contributed by atoms with Crippen molar-refractivity contribution in [3.8, 4) is 0 Å². The van der Waals surface area contributed by atoms with E-state index in [1.165, 1.54) is 6.07 Å². The molecule has 0 atom stereocenters. The SMILES string of the molecule is CN1CCC(Nc2ncccc2F)CC1. The zero-order chi connectivity index (χ0) is 10.7. The van der Waals surface area contributed by atoms with Crippen molar-refractivity contribution in [2.75, 3.05) is 25.5 Å². The number of nitrogens with zero attached hydrogens (tertiary/aromatic N) is 2. The molecule has 82 valence electrons. The fourth-order valence-corrected chi connectivity index (χ4v) is 1.84. The Bertz CT molecular complexity index is 321. The highest BCUT2D eigenvalue weighted by atomic mass is 19.1. The lowest BCUT2D eigenvalue weighted by atomic mass is 10.1. The third kappa shape index (κ3) is 2.65. The predicted octanol–water partition coefficient (Wildman–Crippen LogP) is 1.73. The summed E-state index contributed by atoms with van der Waals surface area (Å²) in [6.45, 7) is 2.12. The molecule has 2 rings (SSSR count). The number of halogens is 1. The third-order valence-corrected chi connectivity index (χ3v) is 2.82. The first kappa shape index (κ1) is 10.4. The predicted molar refractivity (Wildman–Crippen MR) is 58.3 cm³/mol. The molecule has 15 heavy (non-hydrogen) atoms.